The van der Waals surface area contributed by atoms with Crippen LogP contribution in [0.3, 0.4) is 0 Å². The molecule has 0 saturated heterocycles. The zero-order chi connectivity index (χ0) is 15.9. The van der Waals surface area contributed by atoms with Crippen LogP contribution in [0.15, 0.2) is 30.3 Å². The molecule has 2 rings (SSSR count). The fraction of sp³-hybridized carbons (Fsp3) is 0.412. The van der Waals surface area contributed by atoms with Gasteiger partial charge in [-0.3, -0.25) is 4.90 Å². The highest BCUT2D eigenvalue weighted by Crippen LogP contribution is 2.22. The normalized spacial score (nSPS) is 11.0. The lowest BCUT2D eigenvalue weighted by Gasteiger charge is -2.13. The van der Waals surface area contributed by atoms with Crippen molar-refractivity contribution in [2.75, 3.05) is 13.6 Å². The van der Waals surface area contributed by atoms with Gasteiger partial charge in [-0.1, -0.05) is 43.7 Å². The first-order valence-electron chi connectivity index (χ1n) is 7.54. The summed E-state index contributed by atoms with van der Waals surface area (Å²) in [5.41, 5.74) is 1.75. The molecule has 0 fully saturated rings. The number of carboxylic acids is 1. The number of aromatic carboxylic acids is 1. The third kappa shape index (κ3) is 4.64. The van der Waals surface area contributed by atoms with Crippen molar-refractivity contribution in [1.29, 1.82) is 0 Å². The van der Waals surface area contributed by atoms with Crippen LogP contribution in [0.5, 0.6) is 0 Å². The van der Waals surface area contributed by atoms with E-state index in [1.807, 2.05) is 37.4 Å². The largest absolute Gasteiger partial charge is 0.477 e. The molecule has 1 aromatic heterocycles. The van der Waals surface area contributed by atoms with Crippen molar-refractivity contribution in [3.63, 3.8) is 0 Å². The third-order valence-electron chi connectivity index (χ3n) is 3.45. The molecule has 0 aliphatic carbocycles. The molecule has 5 heteroatoms. The van der Waals surface area contributed by atoms with Gasteiger partial charge in [-0.25, -0.2) is 9.78 Å². The topological polar surface area (TPSA) is 53.4 Å². The molecule has 22 heavy (non-hydrogen) atoms. The predicted molar refractivity (Wildman–Crippen MR) is 89.6 cm³/mol. The Morgan fingerprint density at radius 3 is 2.68 bits per heavy atom. The highest BCUT2D eigenvalue weighted by molar-refractivity contribution is 7.13. The van der Waals surface area contributed by atoms with E-state index in [9.17, 15) is 9.90 Å². The number of hydrogen-bond donors (Lipinski definition) is 1. The van der Waals surface area contributed by atoms with Gasteiger partial charge in [0.05, 0.1) is 12.2 Å². The predicted octanol–water partition coefficient (Wildman–Crippen LogP) is 3.66. The van der Waals surface area contributed by atoms with E-state index >= 15 is 0 Å². The van der Waals surface area contributed by atoms with Gasteiger partial charge >= 0.3 is 5.97 Å². The van der Waals surface area contributed by atoms with E-state index in [2.05, 4.69) is 16.8 Å². The van der Waals surface area contributed by atoms with Crippen molar-refractivity contribution >= 4 is 17.3 Å². The maximum atomic E-state index is 11.4. The number of carbonyl (C=O) groups is 1. The van der Waals surface area contributed by atoms with Crippen LogP contribution < -0.4 is 0 Å². The first-order chi connectivity index (χ1) is 10.6. The van der Waals surface area contributed by atoms with Crippen LogP contribution in [0.1, 0.15) is 45.7 Å². The average molecular weight is 318 g/mol. The second kappa shape index (κ2) is 8.06. The van der Waals surface area contributed by atoms with Crippen LogP contribution >= 0.6 is 11.3 Å². The quantitative estimate of drug-likeness (QED) is 0.807. The van der Waals surface area contributed by atoms with Gasteiger partial charge in [-0.2, -0.15) is 0 Å². The monoisotopic (exact) mass is 318 g/mol. The summed E-state index contributed by atoms with van der Waals surface area (Å²) in [5.74, 6) is -0.883. The highest BCUT2D eigenvalue weighted by Gasteiger charge is 2.18. The van der Waals surface area contributed by atoms with Crippen LogP contribution in [0.25, 0.3) is 0 Å². The molecule has 0 amide bonds. The lowest BCUT2D eigenvalue weighted by molar-refractivity contribution is 0.0701. The summed E-state index contributed by atoms with van der Waals surface area (Å²) in [6, 6.07) is 9.87. The van der Waals surface area contributed by atoms with E-state index in [0.29, 0.717) is 23.5 Å². The van der Waals surface area contributed by atoms with Crippen molar-refractivity contribution in [3.8, 4) is 0 Å². The summed E-state index contributed by atoms with van der Waals surface area (Å²) < 4.78 is 0. The summed E-state index contributed by atoms with van der Waals surface area (Å²) in [5, 5.41) is 10.3. The summed E-state index contributed by atoms with van der Waals surface area (Å²) in [4.78, 5) is 18.6. The molecule has 0 unspecified atom stereocenters. The van der Waals surface area contributed by atoms with E-state index in [1.165, 1.54) is 11.3 Å². The summed E-state index contributed by atoms with van der Waals surface area (Å²) in [6.45, 7) is 3.88. The van der Waals surface area contributed by atoms with Gasteiger partial charge in [0.15, 0.2) is 0 Å². The SMILES string of the molecule is CCCCN(C)Cc1nc(Cc2ccccc2)c(C(=O)O)s1. The van der Waals surface area contributed by atoms with Gasteiger partial charge < -0.3 is 5.11 Å². The van der Waals surface area contributed by atoms with Gasteiger partial charge in [0.2, 0.25) is 0 Å². The Labute approximate surface area is 135 Å². The Bertz CT molecular complexity index is 610. The first-order valence-corrected chi connectivity index (χ1v) is 8.36. The molecule has 0 bridgehead atoms. The average Bonchev–Trinajstić information content (AvgIpc) is 2.89. The summed E-state index contributed by atoms with van der Waals surface area (Å²) >= 11 is 1.30. The Morgan fingerprint density at radius 1 is 1.32 bits per heavy atom. The minimum Gasteiger partial charge on any atom is -0.477 e. The minimum absolute atomic E-state index is 0.364. The van der Waals surface area contributed by atoms with E-state index < -0.39 is 5.97 Å². The fourth-order valence-corrected chi connectivity index (χ4v) is 3.28. The number of thiazole rings is 1. The van der Waals surface area contributed by atoms with E-state index in [1.54, 1.807) is 0 Å². The molecule has 0 aliphatic heterocycles. The number of unbranched alkanes of at least 4 members (excludes halogenated alkanes) is 1. The minimum atomic E-state index is -0.883. The lowest BCUT2D eigenvalue weighted by atomic mass is 10.1. The first kappa shape index (κ1) is 16.6. The van der Waals surface area contributed by atoms with Crippen molar-refractivity contribution in [1.82, 2.24) is 9.88 Å². The molecule has 0 atom stereocenters. The highest BCUT2D eigenvalue weighted by atomic mass is 32.1. The van der Waals surface area contributed by atoms with Gasteiger partial charge in [0.1, 0.15) is 9.88 Å². The van der Waals surface area contributed by atoms with Crippen molar-refractivity contribution in [3.05, 3.63) is 51.5 Å². The molecule has 0 saturated carbocycles. The molecule has 0 radical (unpaired) electrons. The molecular formula is C17H22N2O2S. The number of rotatable bonds is 8. The lowest BCUT2D eigenvalue weighted by Crippen LogP contribution is -2.18. The van der Waals surface area contributed by atoms with Crippen LogP contribution in [0, 0.1) is 0 Å². The van der Waals surface area contributed by atoms with Crippen molar-refractivity contribution in [2.45, 2.75) is 32.7 Å². The molecule has 118 valence electrons. The molecular weight excluding hydrogens is 296 g/mol. The zero-order valence-corrected chi connectivity index (χ0v) is 13.9. The van der Waals surface area contributed by atoms with Crippen molar-refractivity contribution in [2.24, 2.45) is 0 Å². The van der Waals surface area contributed by atoms with Gasteiger partial charge in [-0.15, -0.1) is 11.3 Å². The van der Waals surface area contributed by atoms with Gasteiger partial charge in [0.25, 0.3) is 0 Å². The van der Waals surface area contributed by atoms with Gasteiger partial charge in [-0.05, 0) is 25.6 Å². The standard InChI is InChI=1S/C17H22N2O2S/c1-3-4-10-19(2)12-15-18-14(16(22-15)17(20)21)11-13-8-6-5-7-9-13/h5-9H,3-4,10-12H2,1-2H3,(H,20,21). The molecule has 4 nitrogen and oxygen atoms in total. The van der Waals surface area contributed by atoms with Gasteiger partial charge in [0, 0.05) is 6.42 Å². The molecule has 1 heterocycles. The number of benzene rings is 1. The second-order valence-electron chi connectivity index (χ2n) is 5.44. The number of carboxylic acid groups (broad SMARTS) is 1. The Balaban J connectivity index is 2.13. The second-order valence-corrected chi connectivity index (χ2v) is 6.53. The van der Waals surface area contributed by atoms with Crippen molar-refractivity contribution < 1.29 is 9.90 Å². The molecule has 2 aromatic rings. The maximum absolute atomic E-state index is 11.4. The zero-order valence-electron chi connectivity index (χ0n) is 13.1. The third-order valence-corrected chi connectivity index (χ3v) is 4.52. The van der Waals surface area contributed by atoms with Crippen LogP contribution in [-0.4, -0.2) is 34.6 Å². The fourth-order valence-electron chi connectivity index (χ4n) is 2.28. The summed E-state index contributed by atoms with van der Waals surface area (Å²) in [6.07, 6.45) is 2.87. The summed E-state index contributed by atoms with van der Waals surface area (Å²) in [7, 11) is 2.05. The number of aromatic nitrogens is 1. The smallest absolute Gasteiger partial charge is 0.347 e. The Hall–Kier alpha value is -1.72. The van der Waals surface area contributed by atoms with Crippen LogP contribution in [0.4, 0.5) is 0 Å². The number of hydrogen-bond acceptors (Lipinski definition) is 4. The maximum Gasteiger partial charge on any atom is 0.347 e. The number of nitrogens with zero attached hydrogens (tertiary/aromatic N) is 2. The van der Waals surface area contributed by atoms with E-state index in [-0.39, 0.29) is 0 Å². The Morgan fingerprint density at radius 2 is 2.05 bits per heavy atom. The molecule has 0 aliphatic rings. The van der Waals surface area contributed by atoms with E-state index in [4.69, 9.17) is 0 Å². The molecule has 0 spiro atoms. The van der Waals surface area contributed by atoms with Crippen LogP contribution in [0.2, 0.25) is 0 Å². The molecule has 1 aromatic carbocycles. The van der Waals surface area contributed by atoms with E-state index in [0.717, 1.165) is 30.0 Å². The molecule has 1 N–H and O–H groups in total. The Kier molecular flexibility index (Phi) is 6.10. The van der Waals surface area contributed by atoms with Crippen LogP contribution in [-0.2, 0) is 13.0 Å².